The van der Waals surface area contributed by atoms with Crippen molar-refractivity contribution in [1.29, 1.82) is 0 Å². The molecule has 22 heavy (non-hydrogen) atoms. The molecule has 2 aromatic carbocycles. The van der Waals surface area contributed by atoms with Crippen molar-refractivity contribution in [1.82, 2.24) is 0 Å². The molecule has 3 nitrogen and oxygen atoms in total. The lowest BCUT2D eigenvalue weighted by molar-refractivity contribution is -0.130. The van der Waals surface area contributed by atoms with Gasteiger partial charge < -0.3 is 4.74 Å². The lowest BCUT2D eigenvalue weighted by atomic mass is 10.1. The molecule has 110 valence electrons. The predicted molar refractivity (Wildman–Crippen MR) is 78.0 cm³/mol. The number of carbonyl (C=O) groups is 1. The third-order valence-corrected chi connectivity index (χ3v) is 3.13. The van der Waals surface area contributed by atoms with Crippen LogP contribution in [0.5, 0.6) is 0 Å². The highest BCUT2D eigenvalue weighted by Gasteiger charge is 2.23. The number of benzene rings is 2. The molecular formula is C17H11F2NO2. The summed E-state index contributed by atoms with van der Waals surface area (Å²) in [7, 11) is 0. The van der Waals surface area contributed by atoms with Crippen LogP contribution < -0.4 is 0 Å². The van der Waals surface area contributed by atoms with E-state index in [0.29, 0.717) is 0 Å². The van der Waals surface area contributed by atoms with E-state index >= 15 is 0 Å². The summed E-state index contributed by atoms with van der Waals surface area (Å²) >= 11 is 0. The molecule has 0 N–H and O–H groups in total. The second-order valence-corrected chi connectivity index (χ2v) is 4.75. The van der Waals surface area contributed by atoms with Crippen molar-refractivity contribution in [3.05, 3.63) is 77.0 Å². The fourth-order valence-electron chi connectivity index (χ4n) is 2.05. The van der Waals surface area contributed by atoms with Gasteiger partial charge in [0.25, 0.3) is 0 Å². The van der Waals surface area contributed by atoms with E-state index in [1.807, 2.05) is 0 Å². The molecule has 0 aromatic heterocycles. The lowest BCUT2D eigenvalue weighted by Crippen LogP contribution is -2.06. The van der Waals surface area contributed by atoms with Gasteiger partial charge in [-0.1, -0.05) is 30.3 Å². The third kappa shape index (κ3) is 3.09. The maximum Gasteiger partial charge on any atom is 0.363 e. The molecule has 1 heterocycles. The van der Waals surface area contributed by atoms with Crippen molar-refractivity contribution in [3.63, 3.8) is 0 Å². The topological polar surface area (TPSA) is 38.7 Å². The molecule has 0 unspecified atom stereocenters. The molecule has 0 bridgehead atoms. The predicted octanol–water partition coefficient (Wildman–Crippen LogP) is 3.50. The average Bonchev–Trinajstić information content (AvgIpc) is 2.84. The molecule has 2 aromatic rings. The third-order valence-electron chi connectivity index (χ3n) is 3.13. The van der Waals surface area contributed by atoms with E-state index in [4.69, 9.17) is 4.74 Å². The summed E-state index contributed by atoms with van der Waals surface area (Å²) in [5.41, 5.74) is 1.07. The first kappa shape index (κ1) is 14.1. The fraction of sp³-hybridized carbons (Fsp3) is 0.0588. The van der Waals surface area contributed by atoms with E-state index in [2.05, 4.69) is 4.99 Å². The van der Waals surface area contributed by atoms with E-state index in [1.165, 1.54) is 24.3 Å². The molecule has 0 aliphatic carbocycles. The van der Waals surface area contributed by atoms with Crippen molar-refractivity contribution in [2.24, 2.45) is 4.99 Å². The SMILES string of the molecule is O=C1OC(Cc2ccc(F)cc2)=N/C1=C\c1ccccc1F. The van der Waals surface area contributed by atoms with Gasteiger partial charge in [-0.3, -0.25) is 0 Å². The number of carbonyl (C=O) groups excluding carboxylic acids is 1. The minimum absolute atomic E-state index is 0.0437. The monoisotopic (exact) mass is 299 g/mol. The highest BCUT2D eigenvalue weighted by molar-refractivity contribution is 6.07. The zero-order valence-electron chi connectivity index (χ0n) is 11.4. The van der Waals surface area contributed by atoms with E-state index in [9.17, 15) is 13.6 Å². The van der Waals surface area contributed by atoms with Gasteiger partial charge in [-0.2, -0.15) is 0 Å². The van der Waals surface area contributed by atoms with E-state index in [0.717, 1.165) is 5.56 Å². The van der Waals surface area contributed by atoms with Gasteiger partial charge in [0.1, 0.15) is 11.6 Å². The zero-order valence-corrected chi connectivity index (χ0v) is 11.4. The molecule has 0 spiro atoms. The molecule has 0 atom stereocenters. The van der Waals surface area contributed by atoms with Gasteiger partial charge in [0, 0.05) is 12.0 Å². The Balaban J connectivity index is 1.82. The Morgan fingerprint density at radius 3 is 2.50 bits per heavy atom. The first-order valence-corrected chi connectivity index (χ1v) is 6.62. The summed E-state index contributed by atoms with van der Waals surface area (Å²) in [6.07, 6.45) is 1.61. The highest BCUT2D eigenvalue weighted by atomic mass is 19.1. The highest BCUT2D eigenvalue weighted by Crippen LogP contribution is 2.19. The molecule has 0 saturated carbocycles. The Morgan fingerprint density at radius 2 is 1.77 bits per heavy atom. The van der Waals surface area contributed by atoms with Crippen molar-refractivity contribution < 1.29 is 18.3 Å². The van der Waals surface area contributed by atoms with Gasteiger partial charge in [0.05, 0.1) is 0 Å². The smallest absolute Gasteiger partial charge is 0.363 e. The largest absolute Gasteiger partial charge is 0.406 e. The number of halogens is 2. The lowest BCUT2D eigenvalue weighted by Gasteiger charge is -1.99. The van der Waals surface area contributed by atoms with Crippen LogP contribution in [0, 0.1) is 11.6 Å². The fourth-order valence-corrected chi connectivity index (χ4v) is 2.05. The van der Waals surface area contributed by atoms with Crippen molar-refractivity contribution in [3.8, 4) is 0 Å². The molecule has 0 saturated heterocycles. The summed E-state index contributed by atoms with van der Waals surface area (Å²) in [6, 6.07) is 11.9. The van der Waals surface area contributed by atoms with Crippen molar-refractivity contribution in [2.45, 2.75) is 6.42 Å². The second-order valence-electron chi connectivity index (χ2n) is 4.75. The molecule has 0 amide bonds. The molecule has 5 heteroatoms. The molecule has 3 rings (SSSR count). The van der Waals surface area contributed by atoms with Crippen LogP contribution in [0.1, 0.15) is 11.1 Å². The van der Waals surface area contributed by atoms with E-state index in [1.54, 1.807) is 30.3 Å². The van der Waals surface area contributed by atoms with Crippen molar-refractivity contribution in [2.75, 3.05) is 0 Å². The molecule has 1 aliphatic heterocycles. The molecule has 0 radical (unpaired) electrons. The van der Waals surface area contributed by atoms with Gasteiger partial charge in [-0.25, -0.2) is 18.6 Å². The van der Waals surface area contributed by atoms with Gasteiger partial charge in [0.2, 0.25) is 5.90 Å². The summed E-state index contributed by atoms with van der Waals surface area (Å²) in [4.78, 5) is 15.8. The van der Waals surface area contributed by atoms with Crippen LogP contribution in [0.3, 0.4) is 0 Å². The number of aliphatic imine (C=N–C) groups is 1. The van der Waals surface area contributed by atoms with Crippen LogP contribution in [0.2, 0.25) is 0 Å². The van der Waals surface area contributed by atoms with E-state index in [-0.39, 0.29) is 29.4 Å². The normalized spacial score (nSPS) is 15.8. The first-order valence-electron chi connectivity index (χ1n) is 6.62. The second kappa shape index (κ2) is 5.89. The summed E-state index contributed by atoms with van der Waals surface area (Å²) < 4.78 is 31.5. The van der Waals surface area contributed by atoms with Crippen LogP contribution in [0.15, 0.2) is 59.2 Å². The quantitative estimate of drug-likeness (QED) is 0.642. The number of hydrogen-bond acceptors (Lipinski definition) is 3. The minimum atomic E-state index is -0.625. The Hall–Kier alpha value is -2.82. The van der Waals surface area contributed by atoms with Gasteiger partial charge in [-0.15, -0.1) is 0 Å². The number of esters is 1. The number of nitrogens with zero attached hydrogens (tertiary/aromatic N) is 1. The van der Waals surface area contributed by atoms with E-state index < -0.39 is 11.8 Å². The minimum Gasteiger partial charge on any atom is -0.406 e. The molecule has 0 fully saturated rings. The van der Waals surface area contributed by atoms with Crippen LogP contribution in [0.4, 0.5) is 8.78 Å². The van der Waals surface area contributed by atoms with Crippen LogP contribution in [-0.4, -0.2) is 11.9 Å². The molecular weight excluding hydrogens is 288 g/mol. The average molecular weight is 299 g/mol. The number of ether oxygens (including phenoxy) is 1. The van der Waals surface area contributed by atoms with Gasteiger partial charge in [-0.05, 0) is 29.8 Å². The van der Waals surface area contributed by atoms with Gasteiger partial charge in [0.15, 0.2) is 5.70 Å². The van der Waals surface area contributed by atoms with Crippen LogP contribution in [-0.2, 0) is 16.0 Å². The Morgan fingerprint density at radius 1 is 1.05 bits per heavy atom. The Kier molecular flexibility index (Phi) is 3.78. The zero-order chi connectivity index (χ0) is 15.5. The molecule has 1 aliphatic rings. The summed E-state index contributed by atoms with van der Waals surface area (Å²) in [5, 5.41) is 0. The Bertz CT molecular complexity index is 780. The number of hydrogen-bond donors (Lipinski definition) is 0. The summed E-state index contributed by atoms with van der Waals surface area (Å²) in [5.74, 6) is -1.20. The maximum atomic E-state index is 13.6. The number of cyclic esters (lactones) is 1. The van der Waals surface area contributed by atoms with Gasteiger partial charge >= 0.3 is 5.97 Å². The first-order chi connectivity index (χ1) is 10.6. The van der Waals surface area contributed by atoms with Crippen molar-refractivity contribution >= 4 is 17.9 Å². The summed E-state index contributed by atoms with van der Waals surface area (Å²) in [6.45, 7) is 0. The number of rotatable bonds is 3. The van der Waals surface area contributed by atoms with Crippen LogP contribution in [0.25, 0.3) is 6.08 Å². The standard InChI is InChI=1S/C17H11F2NO2/c18-13-7-5-11(6-8-13)9-16-20-15(17(21)22-16)10-12-3-1-2-4-14(12)19/h1-8,10H,9H2/b15-10-. The Labute approximate surface area is 125 Å². The maximum absolute atomic E-state index is 13.6. The van der Waals surface area contributed by atoms with Crippen LogP contribution >= 0.6 is 0 Å².